The van der Waals surface area contributed by atoms with E-state index in [9.17, 15) is 0 Å². The van der Waals surface area contributed by atoms with Crippen molar-refractivity contribution in [3.8, 4) is 0 Å². The second-order valence-corrected chi connectivity index (χ2v) is 5.05. The van der Waals surface area contributed by atoms with E-state index in [0.29, 0.717) is 0 Å². The molecular formula is C11H23N3O. The zero-order valence-corrected chi connectivity index (χ0v) is 9.69. The van der Waals surface area contributed by atoms with E-state index in [2.05, 4.69) is 16.8 Å². The van der Waals surface area contributed by atoms with E-state index in [1.165, 1.54) is 32.5 Å². The van der Waals surface area contributed by atoms with Crippen molar-refractivity contribution in [1.82, 2.24) is 9.80 Å². The summed E-state index contributed by atoms with van der Waals surface area (Å²) in [6, 6.07) is 0. The predicted octanol–water partition coefficient (Wildman–Crippen LogP) is 0.293. The number of likely N-dealkylation sites (tertiary alicyclic amines) is 2. The molecule has 2 aliphatic heterocycles. The van der Waals surface area contributed by atoms with E-state index in [1.807, 2.05) is 0 Å². The van der Waals surface area contributed by atoms with Crippen LogP contribution in [0.4, 0.5) is 0 Å². The van der Waals surface area contributed by atoms with Gasteiger partial charge in [-0.3, -0.25) is 4.84 Å². The molecule has 0 aromatic carbocycles. The SMILES string of the molecule is CN1CCC(CN2CCC(ON)C2)CC1. The lowest BCUT2D eigenvalue weighted by Crippen LogP contribution is -2.36. The molecule has 0 aromatic rings. The fraction of sp³-hybridized carbons (Fsp3) is 1.00. The van der Waals surface area contributed by atoms with Gasteiger partial charge in [-0.1, -0.05) is 0 Å². The first-order chi connectivity index (χ1) is 7.28. The molecule has 0 aromatic heterocycles. The number of rotatable bonds is 3. The molecule has 0 bridgehead atoms. The van der Waals surface area contributed by atoms with Crippen LogP contribution >= 0.6 is 0 Å². The average Bonchev–Trinajstić information content (AvgIpc) is 2.69. The lowest BCUT2D eigenvalue weighted by Gasteiger charge is -2.31. The molecule has 2 fully saturated rings. The van der Waals surface area contributed by atoms with E-state index in [-0.39, 0.29) is 6.10 Å². The van der Waals surface area contributed by atoms with Crippen molar-refractivity contribution >= 4 is 0 Å². The van der Waals surface area contributed by atoms with E-state index < -0.39 is 0 Å². The van der Waals surface area contributed by atoms with Gasteiger partial charge in [0.05, 0.1) is 6.10 Å². The molecular weight excluding hydrogens is 190 g/mol. The maximum Gasteiger partial charge on any atom is 0.0926 e. The fourth-order valence-electron chi connectivity index (χ4n) is 2.68. The summed E-state index contributed by atoms with van der Waals surface area (Å²) in [6.07, 6.45) is 4.07. The zero-order chi connectivity index (χ0) is 10.7. The predicted molar refractivity (Wildman–Crippen MR) is 60.3 cm³/mol. The highest BCUT2D eigenvalue weighted by Crippen LogP contribution is 2.20. The number of hydrogen-bond donors (Lipinski definition) is 1. The summed E-state index contributed by atoms with van der Waals surface area (Å²) in [4.78, 5) is 9.83. The average molecular weight is 213 g/mol. The van der Waals surface area contributed by atoms with Crippen LogP contribution in [0, 0.1) is 5.92 Å². The third-order valence-electron chi connectivity index (χ3n) is 3.78. The normalized spacial score (nSPS) is 31.2. The third kappa shape index (κ3) is 3.14. The molecule has 2 aliphatic rings. The summed E-state index contributed by atoms with van der Waals surface area (Å²) >= 11 is 0. The number of nitrogens with zero attached hydrogens (tertiary/aromatic N) is 2. The molecule has 0 amide bonds. The monoisotopic (exact) mass is 213 g/mol. The second kappa shape index (κ2) is 5.25. The molecule has 2 N–H and O–H groups in total. The van der Waals surface area contributed by atoms with E-state index >= 15 is 0 Å². The maximum absolute atomic E-state index is 5.21. The van der Waals surface area contributed by atoms with Gasteiger partial charge in [0, 0.05) is 19.6 Å². The van der Waals surface area contributed by atoms with Gasteiger partial charge >= 0.3 is 0 Å². The highest BCUT2D eigenvalue weighted by Gasteiger charge is 2.26. The summed E-state index contributed by atoms with van der Waals surface area (Å²) in [7, 11) is 2.21. The van der Waals surface area contributed by atoms with Crippen LogP contribution in [0.5, 0.6) is 0 Å². The van der Waals surface area contributed by atoms with Gasteiger partial charge in [-0.25, -0.2) is 5.90 Å². The topological polar surface area (TPSA) is 41.7 Å². The largest absolute Gasteiger partial charge is 0.306 e. The Morgan fingerprint density at radius 2 is 1.93 bits per heavy atom. The van der Waals surface area contributed by atoms with Crippen molar-refractivity contribution in [2.45, 2.75) is 25.4 Å². The zero-order valence-electron chi connectivity index (χ0n) is 9.69. The van der Waals surface area contributed by atoms with Crippen molar-refractivity contribution in [2.75, 3.05) is 39.8 Å². The van der Waals surface area contributed by atoms with Crippen LogP contribution in [0.25, 0.3) is 0 Å². The Kier molecular flexibility index (Phi) is 3.97. The Bertz CT molecular complexity index is 192. The Morgan fingerprint density at radius 3 is 2.53 bits per heavy atom. The molecule has 0 aliphatic carbocycles. The second-order valence-electron chi connectivity index (χ2n) is 5.05. The summed E-state index contributed by atoms with van der Waals surface area (Å²) in [5.41, 5.74) is 0. The molecule has 0 radical (unpaired) electrons. The van der Waals surface area contributed by atoms with E-state index in [0.717, 1.165) is 25.4 Å². The number of nitrogens with two attached hydrogens (primary N) is 1. The summed E-state index contributed by atoms with van der Waals surface area (Å²) < 4.78 is 0. The first-order valence-corrected chi connectivity index (χ1v) is 6.04. The van der Waals surface area contributed by atoms with Gasteiger partial charge in [0.25, 0.3) is 0 Å². The van der Waals surface area contributed by atoms with E-state index in [1.54, 1.807) is 0 Å². The first-order valence-electron chi connectivity index (χ1n) is 6.04. The van der Waals surface area contributed by atoms with Gasteiger partial charge in [0.1, 0.15) is 0 Å². The Balaban J connectivity index is 1.69. The van der Waals surface area contributed by atoms with E-state index in [4.69, 9.17) is 10.7 Å². The van der Waals surface area contributed by atoms with Crippen LogP contribution in [0.1, 0.15) is 19.3 Å². The highest BCUT2D eigenvalue weighted by molar-refractivity contribution is 4.79. The van der Waals surface area contributed by atoms with Crippen molar-refractivity contribution in [3.05, 3.63) is 0 Å². The number of hydrogen-bond acceptors (Lipinski definition) is 4. The van der Waals surface area contributed by atoms with Gasteiger partial charge < -0.3 is 9.80 Å². The van der Waals surface area contributed by atoms with Crippen LogP contribution < -0.4 is 5.90 Å². The maximum atomic E-state index is 5.21. The van der Waals surface area contributed by atoms with Crippen molar-refractivity contribution < 1.29 is 4.84 Å². The highest BCUT2D eigenvalue weighted by atomic mass is 16.6. The molecule has 0 spiro atoms. The minimum Gasteiger partial charge on any atom is -0.306 e. The molecule has 2 saturated heterocycles. The molecule has 2 heterocycles. The molecule has 1 unspecified atom stereocenters. The minimum atomic E-state index is 0.274. The van der Waals surface area contributed by atoms with Crippen molar-refractivity contribution in [1.29, 1.82) is 0 Å². The van der Waals surface area contributed by atoms with Crippen molar-refractivity contribution in [3.63, 3.8) is 0 Å². The van der Waals surface area contributed by atoms with Crippen molar-refractivity contribution in [2.24, 2.45) is 11.8 Å². The molecule has 4 heteroatoms. The molecule has 88 valence electrons. The summed E-state index contributed by atoms with van der Waals surface area (Å²) in [5, 5.41) is 0. The molecule has 1 atom stereocenters. The van der Waals surface area contributed by atoms with Gasteiger partial charge in [-0.15, -0.1) is 0 Å². The van der Waals surface area contributed by atoms with Crippen LogP contribution in [-0.4, -0.2) is 55.7 Å². The molecule has 2 rings (SSSR count). The van der Waals surface area contributed by atoms with Gasteiger partial charge in [-0.05, 0) is 45.3 Å². The van der Waals surface area contributed by atoms with Crippen LogP contribution in [0.2, 0.25) is 0 Å². The van der Waals surface area contributed by atoms with Crippen LogP contribution in [0.3, 0.4) is 0 Å². The Morgan fingerprint density at radius 1 is 1.20 bits per heavy atom. The Hall–Kier alpha value is -0.160. The minimum absolute atomic E-state index is 0.274. The number of piperidine rings is 1. The summed E-state index contributed by atoms with van der Waals surface area (Å²) in [5.74, 6) is 6.10. The fourth-order valence-corrected chi connectivity index (χ4v) is 2.68. The Labute approximate surface area is 92.3 Å². The van der Waals surface area contributed by atoms with Crippen LogP contribution in [0.15, 0.2) is 0 Å². The van der Waals surface area contributed by atoms with Gasteiger partial charge in [-0.2, -0.15) is 0 Å². The quantitative estimate of drug-likeness (QED) is 0.684. The van der Waals surface area contributed by atoms with Gasteiger partial charge in [0.2, 0.25) is 0 Å². The van der Waals surface area contributed by atoms with Gasteiger partial charge in [0.15, 0.2) is 0 Å². The first kappa shape index (κ1) is 11.3. The van der Waals surface area contributed by atoms with Crippen LogP contribution in [-0.2, 0) is 4.84 Å². The molecule has 4 nitrogen and oxygen atoms in total. The lowest BCUT2D eigenvalue weighted by atomic mass is 9.97. The lowest BCUT2D eigenvalue weighted by molar-refractivity contribution is 0.0568. The summed E-state index contributed by atoms with van der Waals surface area (Å²) in [6.45, 7) is 5.95. The molecule has 0 saturated carbocycles. The standard InChI is InChI=1S/C11H23N3O/c1-13-5-2-10(3-6-13)8-14-7-4-11(9-14)15-12/h10-11H,2-9,12H2,1H3. The third-order valence-corrected chi connectivity index (χ3v) is 3.78. The molecule has 15 heavy (non-hydrogen) atoms. The smallest absolute Gasteiger partial charge is 0.0926 e.